The average Bonchev–Trinajstić information content (AvgIpc) is 2.49. The van der Waals surface area contributed by atoms with E-state index in [2.05, 4.69) is 0 Å². The first-order valence-corrected chi connectivity index (χ1v) is 4.44. The molecule has 0 aromatic heterocycles. The highest BCUT2D eigenvalue weighted by atomic mass is 19.1. The standard InChI is InChI=1S/C10H10FNO2/c11-7-3-1-2-4-8(7)12-6-5-9(13)10(12)14/h1-4,9,13H,5-6H2. The Balaban J connectivity index is 2.33. The summed E-state index contributed by atoms with van der Waals surface area (Å²) >= 11 is 0. The molecule has 0 spiro atoms. The number of halogens is 1. The zero-order valence-corrected chi connectivity index (χ0v) is 7.48. The number of anilines is 1. The quantitative estimate of drug-likeness (QED) is 0.724. The van der Waals surface area contributed by atoms with Crippen LogP contribution < -0.4 is 4.90 Å². The lowest BCUT2D eigenvalue weighted by atomic mass is 10.3. The van der Waals surface area contributed by atoms with E-state index in [-0.39, 0.29) is 5.69 Å². The van der Waals surface area contributed by atoms with Crippen LogP contribution in [0, 0.1) is 5.82 Å². The van der Waals surface area contributed by atoms with Crippen molar-refractivity contribution in [2.75, 3.05) is 11.4 Å². The van der Waals surface area contributed by atoms with Gasteiger partial charge >= 0.3 is 0 Å². The SMILES string of the molecule is O=C1C(O)CCN1c1ccccc1F. The minimum absolute atomic E-state index is 0.244. The summed E-state index contributed by atoms with van der Waals surface area (Å²) in [6.45, 7) is 0.376. The minimum Gasteiger partial charge on any atom is -0.383 e. The Kier molecular flexibility index (Phi) is 2.21. The highest BCUT2D eigenvalue weighted by molar-refractivity contribution is 5.98. The van der Waals surface area contributed by atoms with Crippen molar-refractivity contribution in [3.63, 3.8) is 0 Å². The molecule has 1 atom stereocenters. The van der Waals surface area contributed by atoms with E-state index >= 15 is 0 Å². The number of hydrogen-bond acceptors (Lipinski definition) is 2. The largest absolute Gasteiger partial charge is 0.383 e. The highest BCUT2D eigenvalue weighted by Gasteiger charge is 2.31. The molecule has 0 aliphatic carbocycles. The van der Waals surface area contributed by atoms with Gasteiger partial charge in [0.05, 0.1) is 5.69 Å². The monoisotopic (exact) mass is 195 g/mol. The van der Waals surface area contributed by atoms with Gasteiger partial charge in [0.25, 0.3) is 5.91 Å². The normalized spacial score (nSPS) is 21.7. The number of amides is 1. The number of benzene rings is 1. The van der Waals surface area contributed by atoms with Crippen molar-refractivity contribution in [1.82, 2.24) is 0 Å². The smallest absolute Gasteiger partial charge is 0.255 e. The molecule has 14 heavy (non-hydrogen) atoms. The van der Waals surface area contributed by atoms with Gasteiger partial charge in [-0.1, -0.05) is 12.1 Å². The molecule has 4 heteroatoms. The Hall–Kier alpha value is -1.42. The predicted molar refractivity (Wildman–Crippen MR) is 49.4 cm³/mol. The molecule has 1 unspecified atom stereocenters. The molecule has 0 bridgehead atoms. The molecule has 74 valence electrons. The fourth-order valence-corrected chi connectivity index (χ4v) is 1.57. The van der Waals surface area contributed by atoms with Gasteiger partial charge in [0.1, 0.15) is 11.9 Å². The third kappa shape index (κ3) is 1.37. The minimum atomic E-state index is -0.977. The van der Waals surface area contributed by atoms with Crippen molar-refractivity contribution < 1.29 is 14.3 Å². The number of aliphatic hydroxyl groups is 1. The maximum atomic E-state index is 13.3. The number of rotatable bonds is 1. The van der Waals surface area contributed by atoms with Crippen LogP contribution in [0.5, 0.6) is 0 Å². The van der Waals surface area contributed by atoms with Crippen molar-refractivity contribution in [3.8, 4) is 0 Å². The van der Waals surface area contributed by atoms with Crippen LogP contribution in [0.3, 0.4) is 0 Å². The fourth-order valence-electron chi connectivity index (χ4n) is 1.57. The van der Waals surface area contributed by atoms with Gasteiger partial charge in [-0.2, -0.15) is 0 Å². The first-order valence-electron chi connectivity index (χ1n) is 4.44. The Labute approximate surface area is 80.8 Å². The van der Waals surface area contributed by atoms with E-state index in [0.717, 1.165) is 0 Å². The van der Waals surface area contributed by atoms with Gasteiger partial charge in [0, 0.05) is 13.0 Å². The number of carbonyl (C=O) groups excluding carboxylic acids is 1. The summed E-state index contributed by atoms with van der Waals surface area (Å²) in [5, 5.41) is 9.21. The Morgan fingerprint density at radius 2 is 2.14 bits per heavy atom. The summed E-state index contributed by atoms with van der Waals surface area (Å²) in [4.78, 5) is 12.6. The van der Waals surface area contributed by atoms with Crippen molar-refractivity contribution >= 4 is 11.6 Å². The summed E-state index contributed by atoms with van der Waals surface area (Å²) < 4.78 is 13.3. The molecule has 1 fully saturated rings. The fraction of sp³-hybridized carbons (Fsp3) is 0.300. The number of carbonyl (C=O) groups is 1. The Morgan fingerprint density at radius 3 is 2.71 bits per heavy atom. The van der Waals surface area contributed by atoms with Crippen LogP contribution >= 0.6 is 0 Å². The molecule has 1 aromatic rings. The zero-order chi connectivity index (χ0) is 10.1. The van der Waals surface area contributed by atoms with E-state index < -0.39 is 17.8 Å². The maximum absolute atomic E-state index is 13.3. The number of hydrogen-bond donors (Lipinski definition) is 1. The van der Waals surface area contributed by atoms with Crippen LogP contribution in [-0.2, 0) is 4.79 Å². The maximum Gasteiger partial charge on any atom is 0.255 e. The number of nitrogens with zero attached hydrogens (tertiary/aromatic N) is 1. The Bertz CT molecular complexity index is 367. The molecule has 0 saturated carbocycles. The van der Waals surface area contributed by atoms with E-state index in [1.807, 2.05) is 0 Å². The molecule has 1 amide bonds. The van der Waals surface area contributed by atoms with E-state index in [1.54, 1.807) is 12.1 Å². The molecule has 3 nitrogen and oxygen atoms in total. The van der Waals surface area contributed by atoms with Crippen molar-refractivity contribution in [2.24, 2.45) is 0 Å². The van der Waals surface area contributed by atoms with E-state index in [4.69, 9.17) is 0 Å². The molecule has 0 radical (unpaired) electrons. The first-order chi connectivity index (χ1) is 6.70. The molecular weight excluding hydrogens is 185 g/mol. The summed E-state index contributed by atoms with van der Waals surface area (Å²) in [5.74, 6) is -0.856. The van der Waals surface area contributed by atoms with Crippen molar-refractivity contribution in [1.29, 1.82) is 0 Å². The van der Waals surface area contributed by atoms with Crippen LogP contribution in [-0.4, -0.2) is 23.7 Å². The summed E-state index contributed by atoms with van der Waals surface area (Å²) in [6, 6.07) is 6.06. The molecule has 1 heterocycles. The summed E-state index contributed by atoms with van der Waals surface area (Å²) in [6.07, 6.45) is -0.609. The number of aliphatic hydroxyl groups excluding tert-OH is 1. The van der Waals surface area contributed by atoms with E-state index in [1.165, 1.54) is 17.0 Å². The lowest BCUT2D eigenvalue weighted by Crippen LogP contribution is -2.29. The first kappa shape index (κ1) is 9.15. The van der Waals surface area contributed by atoms with Gasteiger partial charge < -0.3 is 10.0 Å². The van der Waals surface area contributed by atoms with Gasteiger partial charge in [-0.05, 0) is 12.1 Å². The number of para-hydroxylation sites is 1. The van der Waals surface area contributed by atoms with E-state index in [0.29, 0.717) is 13.0 Å². The molecule has 1 N–H and O–H groups in total. The average molecular weight is 195 g/mol. The molecular formula is C10H10FNO2. The third-order valence-electron chi connectivity index (χ3n) is 2.32. The topological polar surface area (TPSA) is 40.5 Å². The van der Waals surface area contributed by atoms with Crippen LogP contribution in [0.25, 0.3) is 0 Å². The second-order valence-corrected chi connectivity index (χ2v) is 3.25. The lowest BCUT2D eigenvalue weighted by molar-refractivity contribution is -0.124. The van der Waals surface area contributed by atoms with Gasteiger partial charge in [-0.3, -0.25) is 4.79 Å². The van der Waals surface area contributed by atoms with Crippen molar-refractivity contribution in [3.05, 3.63) is 30.1 Å². The molecule has 1 aromatic carbocycles. The third-order valence-corrected chi connectivity index (χ3v) is 2.32. The lowest BCUT2D eigenvalue weighted by Gasteiger charge is -2.16. The van der Waals surface area contributed by atoms with Crippen LogP contribution in [0.2, 0.25) is 0 Å². The van der Waals surface area contributed by atoms with Gasteiger partial charge in [0.15, 0.2) is 0 Å². The highest BCUT2D eigenvalue weighted by Crippen LogP contribution is 2.23. The summed E-state index contributed by atoms with van der Waals surface area (Å²) in [5.41, 5.74) is 0.244. The van der Waals surface area contributed by atoms with Crippen LogP contribution in [0.15, 0.2) is 24.3 Å². The second-order valence-electron chi connectivity index (χ2n) is 3.25. The molecule has 1 saturated heterocycles. The van der Waals surface area contributed by atoms with Crippen LogP contribution in [0.1, 0.15) is 6.42 Å². The molecule has 2 rings (SSSR count). The summed E-state index contributed by atoms with van der Waals surface area (Å²) in [7, 11) is 0. The Morgan fingerprint density at radius 1 is 1.43 bits per heavy atom. The van der Waals surface area contributed by atoms with Gasteiger partial charge in [-0.25, -0.2) is 4.39 Å². The van der Waals surface area contributed by atoms with Gasteiger partial charge in [-0.15, -0.1) is 0 Å². The van der Waals surface area contributed by atoms with Gasteiger partial charge in [0.2, 0.25) is 0 Å². The van der Waals surface area contributed by atoms with Crippen LogP contribution in [0.4, 0.5) is 10.1 Å². The van der Waals surface area contributed by atoms with E-state index in [9.17, 15) is 14.3 Å². The van der Waals surface area contributed by atoms with Crippen molar-refractivity contribution in [2.45, 2.75) is 12.5 Å². The molecule has 1 aliphatic heterocycles. The molecule has 1 aliphatic rings. The zero-order valence-electron chi connectivity index (χ0n) is 7.48. The predicted octanol–water partition coefficient (Wildman–Crippen LogP) is 0.923. The second kappa shape index (κ2) is 3.38.